The first-order valence-corrected chi connectivity index (χ1v) is 18.0. The standard InChI is InChI=1S/C26H40N6O.C14H21NO/c1-7-23(17-25(27-8-2)28-19(3)4)32-26(29-24-15-20(5)9-10-21(24)6)16-22(30-32)18-31-11-13-33-14-12-31;1-6-10(2)13(16)11-7-8-15-12(9-11)14(3,4)5/h8-10,15-17,19,23,28-29H,7,11-14,18H2,1-6H3;7-10H,6H2,1-5H3/b25-17+,27-8-;. The van der Waals surface area contributed by atoms with Gasteiger partial charge in [-0.05, 0) is 82.9 Å². The molecule has 1 saturated heterocycles. The van der Waals surface area contributed by atoms with Gasteiger partial charge in [0.2, 0.25) is 0 Å². The zero-order valence-electron chi connectivity index (χ0n) is 31.9. The highest BCUT2D eigenvalue weighted by Gasteiger charge is 2.21. The summed E-state index contributed by atoms with van der Waals surface area (Å²) in [4.78, 5) is 23.3. The van der Waals surface area contributed by atoms with Crippen molar-refractivity contribution in [2.75, 3.05) is 31.6 Å². The van der Waals surface area contributed by atoms with E-state index in [4.69, 9.17) is 9.84 Å². The molecule has 2 atom stereocenters. The fraction of sp³-hybridized carbons (Fsp3) is 0.550. The largest absolute Gasteiger partial charge is 0.379 e. The number of aromatic nitrogens is 3. The average molecular weight is 672 g/mol. The maximum Gasteiger partial charge on any atom is 0.165 e. The number of anilines is 2. The summed E-state index contributed by atoms with van der Waals surface area (Å²) in [5.74, 6) is 2.19. The van der Waals surface area contributed by atoms with Gasteiger partial charge in [-0.25, -0.2) is 9.67 Å². The van der Waals surface area contributed by atoms with Crippen molar-refractivity contribution in [3.63, 3.8) is 0 Å². The summed E-state index contributed by atoms with van der Waals surface area (Å²) in [6.45, 7) is 27.2. The number of benzene rings is 1. The number of rotatable bonds is 13. The van der Waals surface area contributed by atoms with Gasteiger partial charge < -0.3 is 15.4 Å². The van der Waals surface area contributed by atoms with Gasteiger partial charge in [0.05, 0.1) is 24.9 Å². The van der Waals surface area contributed by atoms with E-state index < -0.39 is 0 Å². The maximum atomic E-state index is 12.0. The molecule has 0 aliphatic carbocycles. The van der Waals surface area contributed by atoms with Crippen LogP contribution in [0.3, 0.4) is 0 Å². The van der Waals surface area contributed by atoms with Crippen LogP contribution >= 0.6 is 0 Å². The Labute approximate surface area is 295 Å². The maximum absolute atomic E-state index is 12.0. The first-order chi connectivity index (χ1) is 23.2. The number of ketones is 1. The number of hydrogen-bond donors (Lipinski definition) is 2. The molecule has 268 valence electrons. The third-order valence-corrected chi connectivity index (χ3v) is 8.59. The summed E-state index contributed by atoms with van der Waals surface area (Å²) in [6.07, 6.45) is 7.53. The van der Waals surface area contributed by atoms with Gasteiger partial charge in [-0.2, -0.15) is 5.10 Å². The molecular weight excluding hydrogens is 610 g/mol. The molecule has 0 spiro atoms. The monoisotopic (exact) mass is 671 g/mol. The molecule has 1 aliphatic rings. The molecule has 3 heterocycles. The first-order valence-electron chi connectivity index (χ1n) is 18.0. The fourth-order valence-electron chi connectivity index (χ4n) is 5.44. The molecule has 1 fully saturated rings. The lowest BCUT2D eigenvalue weighted by atomic mass is 9.89. The zero-order valence-corrected chi connectivity index (χ0v) is 31.9. The van der Waals surface area contributed by atoms with Gasteiger partial charge in [-0.3, -0.25) is 14.7 Å². The molecule has 3 aromatic rings. The summed E-state index contributed by atoms with van der Waals surface area (Å²) in [5.41, 5.74) is 6.37. The molecule has 0 radical (unpaired) electrons. The van der Waals surface area contributed by atoms with Crippen LogP contribution in [-0.2, 0) is 16.7 Å². The molecule has 2 aromatic heterocycles. The topological polar surface area (TPSA) is 96.7 Å². The zero-order chi connectivity index (χ0) is 36.1. The van der Waals surface area contributed by atoms with Gasteiger partial charge in [-0.1, -0.05) is 53.7 Å². The van der Waals surface area contributed by atoms with Gasteiger partial charge >= 0.3 is 0 Å². The van der Waals surface area contributed by atoms with E-state index in [1.807, 2.05) is 39.1 Å². The summed E-state index contributed by atoms with van der Waals surface area (Å²) < 4.78 is 7.63. The molecule has 0 saturated carbocycles. The van der Waals surface area contributed by atoms with E-state index in [9.17, 15) is 4.79 Å². The fourth-order valence-corrected chi connectivity index (χ4v) is 5.44. The minimum atomic E-state index is -0.00819. The van der Waals surface area contributed by atoms with Crippen LogP contribution in [0.2, 0.25) is 0 Å². The van der Waals surface area contributed by atoms with Crippen molar-refractivity contribution in [3.05, 3.63) is 82.6 Å². The van der Waals surface area contributed by atoms with Crippen molar-refractivity contribution >= 4 is 23.5 Å². The quantitative estimate of drug-likeness (QED) is 0.139. The van der Waals surface area contributed by atoms with E-state index in [0.29, 0.717) is 6.04 Å². The minimum absolute atomic E-state index is 0.00819. The van der Waals surface area contributed by atoms with Crippen molar-refractivity contribution in [1.29, 1.82) is 0 Å². The van der Waals surface area contributed by atoms with Crippen molar-refractivity contribution < 1.29 is 9.53 Å². The smallest absolute Gasteiger partial charge is 0.165 e. The highest BCUT2D eigenvalue weighted by atomic mass is 16.5. The first kappa shape index (κ1) is 39.6. The van der Waals surface area contributed by atoms with Gasteiger partial charge in [0.15, 0.2) is 5.78 Å². The Morgan fingerprint density at radius 3 is 2.37 bits per heavy atom. The second-order valence-corrected chi connectivity index (χ2v) is 14.4. The number of morpholine rings is 1. The summed E-state index contributed by atoms with van der Waals surface area (Å²) in [7, 11) is 0. The van der Waals surface area contributed by atoms with Gasteiger partial charge in [-0.15, -0.1) is 0 Å². The summed E-state index contributed by atoms with van der Waals surface area (Å²) >= 11 is 0. The predicted molar refractivity (Wildman–Crippen MR) is 204 cm³/mol. The number of aliphatic imine (C=N–C) groups is 1. The van der Waals surface area contributed by atoms with E-state index in [1.165, 1.54) is 11.1 Å². The van der Waals surface area contributed by atoms with Crippen LogP contribution in [0.4, 0.5) is 11.5 Å². The molecule has 1 aliphatic heterocycles. The number of nitrogens with zero attached hydrogens (tertiary/aromatic N) is 5. The van der Waals surface area contributed by atoms with Gasteiger partial charge in [0.1, 0.15) is 11.6 Å². The lowest BCUT2D eigenvalue weighted by Gasteiger charge is -2.25. The highest BCUT2D eigenvalue weighted by Crippen LogP contribution is 2.28. The van der Waals surface area contributed by atoms with E-state index in [0.717, 1.165) is 80.0 Å². The van der Waals surface area contributed by atoms with Crippen LogP contribution in [0.1, 0.15) is 114 Å². The number of hydrogen-bond acceptors (Lipinski definition) is 8. The number of aryl methyl sites for hydroxylation is 2. The van der Waals surface area contributed by atoms with E-state index in [1.54, 1.807) is 6.20 Å². The lowest BCUT2D eigenvalue weighted by molar-refractivity contribution is 0.0335. The number of carbonyl (C=O) groups is 1. The number of allylic oxidation sites excluding steroid dienone is 1. The number of Topliss-reactive ketones (excluding diaryl/α,β-unsaturated/α-hetero) is 1. The minimum Gasteiger partial charge on any atom is -0.379 e. The van der Waals surface area contributed by atoms with Crippen LogP contribution in [0, 0.1) is 19.8 Å². The Morgan fingerprint density at radius 1 is 1.04 bits per heavy atom. The van der Waals surface area contributed by atoms with Crippen LogP contribution in [0.15, 0.2) is 59.5 Å². The molecule has 4 rings (SSSR count). The molecule has 2 unspecified atom stereocenters. The molecule has 49 heavy (non-hydrogen) atoms. The Kier molecular flexibility index (Phi) is 15.2. The third-order valence-electron chi connectivity index (χ3n) is 8.59. The Morgan fingerprint density at radius 2 is 1.76 bits per heavy atom. The van der Waals surface area contributed by atoms with Crippen LogP contribution < -0.4 is 10.6 Å². The van der Waals surface area contributed by atoms with E-state index in [2.05, 4.69) is 116 Å². The molecule has 2 N–H and O–H groups in total. The normalized spacial score (nSPS) is 15.6. The Bertz CT molecular complexity index is 1540. The molecule has 0 amide bonds. The van der Waals surface area contributed by atoms with Crippen LogP contribution in [0.5, 0.6) is 0 Å². The number of ether oxygens (including phenoxy) is 1. The SMILES string of the molecule is C/C=N\C(=C/C(CC)n1nc(CN2CCOCC2)cc1Nc1cc(C)ccc1C)NC(C)C.CCC(C)C(=O)c1ccnc(C(C)(C)C)c1. The van der Waals surface area contributed by atoms with E-state index >= 15 is 0 Å². The van der Waals surface area contributed by atoms with Gasteiger partial charge in [0.25, 0.3) is 0 Å². The molecule has 9 nitrogen and oxygen atoms in total. The second kappa shape index (κ2) is 18.8. The average Bonchev–Trinajstić information content (AvgIpc) is 3.46. The third kappa shape index (κ3) is 12.2. The van der Waals surface area contributed by atoms with Crippen molar-refractivity contribution in [2.45, 2.75) is 113 Å². The Balaban J connectivity index is 0.000000341. The summed E-state index contributed by atoms with van der Waals surface area (Å²) in [5, 5.41) is 12.2. The lowest BCUT2D eigenvalue weighted by Crippen LogP contribution is -2.35. The second-order valence-electron chi connectivity index (χ2n) is 14.4. The van der Waals surface area contributed by atoms with Crippen LogP contribution in [0.25, 0.3) is 0 Å². The molecule has 0 bridgehead atoms. The van der Waals surface area contributed by atoms with Gasteiger partial charge in [0, 0.05) is 72.4 Å². The molecule has 9 heteroatoms. The highest BCUT2D eigenvalue weighted by molar-refractivity contribution is 5.97. The van der Waals surface area contributed by atoms with Crippen molar-refractivity contribution in [2.24, 2.45) is 10.9 Å². The van der Waals surface area contributed by atoms with E-state index in [-0.39, 0.29) is 23.2 Å². The van der Waals surface area contributed by atoms with Crippen molar-refractivity contribution in [1.82, 2.24) is 25.0 Å². The summed E-state index contributed by atoms with van der Waals surface area (Å²) in [6, 6.07) is 12.8. The molecule has 1 aromatic carbocycles. The Hall–Kier alpha value is -3.82. The van der Waals surface area contributed by atoms with Crippen LogP contribution in [-0.4, -0.2) is 64.0 Å². The van der Waals surface area contributed by atoms with Crippen molar-refractivity contribution in [3.8, 4) is 0 Å². The number of pyridine rings is 1. The number of nitrogens with one attached hydrogen (secondary N) is 2. The molecular formula is C40H61N7O2. The number of carbonyl (C=O) groups excluding carboxylic acids is 1. The predicted octanol–water partition coefficient (Wildman–Crippen LogP) is 8.56.